The predicted octanol–water partition coefficient (Wildman–Crippen LogP) is 3.41. The van der Waals surface area contributed by atoms with Gasteiger partial charge in [-0.05, 0) is 24.6 Å². The van der Waals surface area contributed by atoms with Crippen LogP contribution in [0.5, 0.6) is 0 Å². The zero-order chi connectivity index (χ0) is 13.3. The highest BCUT2D eigenvalue weighted by molar-refractivity contribution is 5.77. The fourth-order valence-electron chi connectivity index (χ4n) is 2.32. The van der Waals surface area contributed by atoms with Gasteiger partial charge in [-0.15, -0.1) is 0 Å². The van der Waals surface area contributed by atoms with E-state index in [2.05, 4.69) is 33.7 Å². The van der Waals surface area contributed by atoms with Gasteiger partial charge in [0.05, 0.1) is 0 Å². The predicted molar refractivity (Wildman–Crippen MR) is 79.0 cm³/mol. The second kappa shape index (κ2) is 7.89. The number of H-pyrrole nitrogens is 1. The zero-order valence-corrected chi connectivity index (χ0v) is 11.8. The third-order valence-electron chi connectivity index (χ3n) is 3.45. The molecule has 19 heavy (non-hydrogen) atoms. The number of fused-ring (bicyclic) bond motifs is 1. The van der Waals surface area contributed by atoms with Crippen LogP contribution in [0.1, 0.15) is 51.0 Å². The van der Waals surface area contributed by atoms with E-state index in [1.165, 1.54) is 44.1 Å². The average molecular weight is 260 g/mol. The molecule has 0 atom stereocenters. The van der Waals surface area contributed by atoms with E-state index in [9.17, 15) is 0 Å². The number of nitrogens with zero attached hydrogens (tertiary/aromatic N) is 2. The van der Waals surface area contributed by atoms with Gasteiger partial charge in [0.2, 0.25) is 0 Å². The van der Waals surface area contributed by atoms with Crippen molar-refractivity contribution in [3.8, 4) is 0 Å². The first-order valence-electron chi connectivity index (χ1n) is 7.41. The van der Waals surface area contributed by atoms with Crippen molar-refractivity contribution in [3.63, 3.8) is 0 Å². The van der Waals surface area contributed by atoms with E-state index in [4.69, 9.17) is 0 Å². The maximum Gasteiger partial charge on any atom is 0.117 e. The van der Waals surface area contributed by atoms with Crippen molar-refractivity contribution in [2.75, 3.05) is 6.54 Å². The second-order valence-corrected chi connectivity index (χ2v) is 5.05. The van der Waals surface area contributed by atoms with Crippen molar-refractivity contribution in [3.05, 3.63) is 23.8 Å². The quantitative estimate of drug-likeness (QED) is 0.679. The summed E-state index contributed by atoms with van der Waals surface area (Å²) in [6.45, 7) is 4.21. The van der Waals surface area contributed by atoms with Gasteiger partial charge in [0.1, 0.15) is 11.0 Å². The van der Waals surface area contributed by atoms with Gasteiger partial charge in [0.25, 0.3) is 0 Å². The van der Waals surface area contributed by atoms with Crippen molar-refractivity contribution >= 4 is 11.0 Å². The molecule has 0 fully saturated rings. The van der Waals surface area contributed by atoms with E-state index in [-0.39, 0.29) is 0 Å². The van der Waals surface area contributed by atoms with Crippen molar-refractivity contribution in [2.45, 2.75) is 52.0 Å². The molecule has 0 saturated carbocycles. The first kappa shape index (κ1) is 14.0. The number of rotatable bonds is 9. The number of hydrogen-bond donors (Lipinski definition) is 2. The van der Waals surface area contributed by atoms with Crippen LogP contribution in [0.4, 0.5) is 0 Å². The van der Waals surface area contributed by atoms with Crippen LogP contribution in [0.2, 0.25) is 0 Å². The molecule has 1 aromatic heterocycles. The van der Waals surface area contributed by atoms with Gasteiger partial charge in [0, 0.05) is 6.54 Å². The van der Waals surface area contributed by atoms with Crippen molar-refractivity contribution in [1.82, 2.24) is 20.7 Å². The number of unbranched alkanes of at least 4 members (excludes halogenated alkanes) is 5. The third-order valence-corrected chi connectivity index (χ3v) is 3.45. The molecule has 4 heteroatoms. The summed E-state index contributed by atoms with van der Waals surface area (Å²) in [6.07, 6.45) is 8.05. The summed E-state index contributed by atoms with van der Waals surface area (Å²) < 4.78 is 0. The smallest absolute Gasteiger partial charge is 0.117 e. The standard InChI is InChI=1S/C15H24N4/c1-2-3-4-5-6-7-11-16-12-13-9-8-10-14-15(13)18-19-17-14/h8-10,16H,2-7,11-12H2,1H3,(H,17,18,19). The Morgan fingerprint density at radius 1 is 1.05 bits per heavy atom. The van der Waals surface area contributed by atoms with E-state index >= 15 is 0 Å². The number of hydrogen-bond acceptors (Lipinski definition) is 3. The summed E-state index contributed by atoms with van der Waals surface area (Å²) in [6, 6.07) is 6.13. The van der Waals surface area contributed by atoms with E-state index in [1.54, 1.807) is 0 Å². The minimum atomic E-state index is 0.874. The van der Waals surface area contributed by atoms with Crippen LogP contribution < -0.4 is 5.32 Å². The lowest BCUT2D eigenvalue weighted by Crippen LogP contribution is -2.14. The Morgan fingerprint density at radius 2 is 1.89 bits per heavy atom. The molecule has 0 aliphatic carbocycles. The Labute approximate surface area is 115 Å². The Balaban J connectivity index is 1.64. The molecule has 0 aliphatic rings. The molecular formula is C15H24N4. The number of aromatic amines is 1. The molecule has 4 nitrogen and oxygen atoms in total. The molecule has 0 amide bonds. The highest BCUT2D eigenvalue weighted by Gasteiger charge is 2.03. The van der Waals surface area contributed by atoms with E-state index in [0.717, 1.165) is 24.1 Å². The third kappa shape index (κ3) is 4.31. The summed E-state index contributed by atoms with van der Waals surface area (Å²) >= 11 is 0. The number of para-hydroxylation sites is 1. The van der Waals surface area contributed by atoms with Crippen molar-refractivity contribution in [1.29, 1.82) is 0 Å². The molecule has 1 aromatic carbocycles. The first-order chi connectivity index (χ1) is 9.42. The highest BCUT2D eigenvalue weighted by Crippen LogP contribution is 2.13. The number of benzene rings is 1. The fourth-order valence-corrected chi connectivity index (χ4v) is 2.32. The first-order valence-corrected chi connectivity index (χ1v) is 7.41. The van der Waals surface area contributed by atoms with Crippen LogP contribution in [0.15, 0.2) is 18.2 Å². The van der Waals surface area contributed by atoms with Gasteiger partial charge in [-0.1, -0.05) is 51.2 Å². The van der Waals surface area contributed by atoms with Gasteiger partial charge in [-0.25, -0.2) is 0 Å². The molecule has 104 valence electrons. The SMILES string of the molecule is CCCCCCCCNCc1cccc2n[nH]nc12. The van der Waals surface area contributed by atoms with Crippen LogP contribution in [0, 0.1) is 0 Å². The summed E-state index contributed by atoms with van der Waals surface area (Å²) in [5.41, 5.74) is 3.15. The van der Waals surface area contributed by atoms with E-state index < -0.39 is 0 Å². The highest BCUT2D eigenvalue weighted by atomic mass is 15.3. The molecule has 0 saturated heterocycles. The summed E-state index contributed by atoms with van der Waals surface area (Å²) in [5.74, 6) is 0. The molecule has 0 bridgehead atoms. The minimum absolute atomic E-state index is 0.874. The van der Waals surface area contributed by atoms with E-state index in [0.29, 0.717) is 0 Å². The average Bonchev–Trinajstić information content (AvgIpc) is 2.91. The van der Waals surface area contributed by atoms with Crippen molar-refractivity contribution < 1.29 is 0 Å². The Morgan fingerprint density at radius 3 is 2.79 bits per heavy atom. The Bertz CT molecular complexity index is 478. The van der Waals surface area contributed by atoms with Gasteiger partial charge in [-0.2, -0.15) is 15.4 Å². The summed E-state index contributed by atoms with van der Waals surface area (Å²) in [7, 11) is 0. The Kier molecular flexibility index (Phi) is 5.82. The lowest BCUT2D eigenvalue weighted by Gasteiger charge is -2.05. The zero-order valence-electron chi connectivity index (χ0n) is 11.8. The molecule has 0 spiro atoms. The largest absolute Gasteiger partial charge is 0.313 e. The van der Waals surface area contributed by atoms with Crippen LogP contribution in [-0.2, 0) is 6.54 Å². The summed E-state index contributed by atoms with van der Waals surface area (Å²) in [4.78, 5) is 0. The van der Waals surface area contributed by atoms with E-state index in [1.807, 2.05) is 12.1 Å². The number of aromatic nitrogens is 3. The van der Waals surface area contributed by atoms with Crippen LogP contribution >= 0.6 is 0 Å². The Hall–Kier alpha value is -1.42. The van der Waals surface area contributed by atoms with Gasteiger partial charge in [0.15, 0.2) is 0 Å². The molecule has 0 radical (unpaired) electrons. The monoisotopic (exact) mass is 260 g/mol. The summed E-state index contributed by atoms with van der Waals surface area (Å²) in [5, 5.41) is 14.5. The fraction of sp³-hybridized carbons (Fsp3) is 0.600. The maximum absolute atomic E-state index is 4.19. The van der Waals surface area contributed by atoms with Gasteiger partial charge >= 0.3 is 0 Å². The normalized spacial score (nSPS) is 11.2. The number of nitrogens with one attached hydrogen (secondary N) is 2. The lowest BCUT2D eigenvalue weighted by molar-refractivity contribution is 0.572. The van der Waals surface area contributed by atoms with Gasteiger partial charge < -0.3 is 5.32 Å². The molecular weight excluding hydrogens is 236 g/mol. The maximum atomic E-state index is 4.19. The topological polar surface area (TPSA) is 53.6 Å². The van der Waals surface area contributed by atoms with Crippen molar-refractivity contribution in [2.24, 2.45) is 0 Å². The minimum Gasteiger partial charge on any atom is -0.313 e. The van der Waals surface area contributed by atoms with Gasteiger partial charge in [-0.3, -0.25) is 0 Å². The molecule has 0 unspecified atom stereocenters. The molecule has 2 rings (SSSR count). The molecule has 2 aromatic rings. The van der Waals surface area contributed by atoms with Crippen LogP contribution in [0.3, 0.4) is 0 Å². The second-order valence-electron chi connectivity index (χ2n) is 5.05. The lowest BCUT2D eigenvalue weighted by atomic mass is 10.1. The van der Waals surface area contributed by atoms with Crippen LogP contribution in [-0.4, -0.2) is 22.0 Å². The van der Waals surface area contributed by atoms with Crippen LogP contribution in [0.25, 0.3) is 11.0 Å². The molecule has 0 aliphatic heterocycles. The molecule has 2 N–H and O–H groups in total. The molecule has 1 heterocycles.